The van der Waals surface area contributed by atoms with E-state index in [0.717, 1.165) is 18.5 Å². The zero-order chi connectivity index (χ0) is 9.26. The molecule has 0 aliphatic heterocycles. The summed E-state index contributed by atoms with van der Waals surface area (Å²) in [7, 11) is 2.55. The second-order valence-electron chi connectivity index (χ2n) is 3.21. The lowest BCUT2D eigenvalue weighted by atomic mass is 10.1. The van der Waals surface area contributed by atoms with Gasteiger partial charge in [0.05, 0.1) is 6.57 Å². The average molecular weight is 190 g/mol. The summed E-state index contributed by atoms with van der Waals surface area (Å²) >= 11 is 0. The number of hydrogen-bond donors (Lipinski definition) is 1. The Morgan fingerprint density at radius 3 is 3.08 bits per heavy atom. The summed E-state index contributed by atoms with van der Waals surface area (Å²) in [4.78, 5) is 3.53. The highest BCUT2D eigenvalue weighted by atomic mass is 31.0. The molecule has 0 spiro atoms. The van der Waals surface area contributed by atoms with Crippen molar-refractivity contribution in [1.29, 1.82) is 0 Å². The molecule has 3 heteroatoms. The molecule has 0 saturated heterocycles. The summed E-state index contributed by atoms with van der Waals surface area (Å²) in [5.74, 6) is 0. The van der Waals surface area contributed by atoms with Crippen LogP contribution in [0.2, 0.25) is 0 Å². The van der Waals surface area contributed by atoms with E-state index in [9.17, 15) is 0 Å². The summed E-state index contributed by atoms with van der Waals surface area (Å²) in [6.07, 6.45) is 2.13. The van der Waals surface area contributed by atoms with E-state index >= 15 is 0 Å². The molecule has 0 saturated carbocycles. The Hall–Kier alpha value is -0.900. The summed E-state index contributed by atoms with van der Waals surface area (Å²) in [5.41, 5.74) is 3.35. The van der Waals surface area contributed by atoms with Crippen LogP contribution in [0, 0.1) is 6.57 Å². The van der Waals surface area contributed by atoms with Crippen molar-refractivity contribution in [3.05, 3.63) is 40.7 Å². The molecular formula is C10H11N2P. The van der Waals surface area contributed by atoms with Crippen molar-refractivity contribution in [2.75, 3.05) is 0 Å². The van der Waals surface area contributed by atoms with Gasteiger partial charge in [0.15, 0.2) is 5.69 Å². The van der Waals surface area contributed by atoms with Crippen molar-refractivity contribution >= 4 is 15.1 Å². The predicted molar refractivity (Wildman–Crippen MR) is 56.6 cm³/mol. The number of benzene rings is 1. The van der Waals surface area contributed by atoms with E-state index in [1.165, 1.54) is 11.1 Å². The zero-order valence-corrected chi connectivity index (χ0v) is 8.40. The monoisotopic (exact) mass is 190 g/mol. The Morgan fingerprint density at radius 2 is 2.38 bits per heavy atom. The van der Waals surface area contributed by atoms with Crippen LogP contribution in [0.15, 0.2) is 18.2 Å². The molecule has 2 rings (SSSR count). The number of hydrogen-bond acceptors (Lipinski definition) is 1. The number of nitrogens with one attached hydrogen (secondary N) is 1. The van der Waals surface area contributed by atoms with Crippen LogP contribution in [0.25, 0.3) is 4.85 Å². The Labute approximate surface area is 80.4 Å². The molecule has 2 nitrogen and oxygen atoms in total. The van der Waals surface area contributed by atoms with E-state index in [-0.39, 0.29) is 0 Å². The van der Waals surface area contributed by atoms with Crippen molar-refractivity contribution in [3.63, 3.8) is 0 Å². The van der Waals surface area contributed by atoms with Gasteiger partial charge in [-0.2, -0.15) is 0 Å². The first kappa shape index (κ1) is 8.69. The van der Waals surface area contributed by atoms with Crippen molar-refractivity contribution in [2.24, 2.45) is 0 Å². The third-order valence-corrected chi connectivity index (χ3v) is 2.97. The van der Waals surface area contributed by atoms with Gasteiger partial charge in [0.1, 0.15) is 0 Å². The molecule has 0 heterocycles. The fourth-order valence-corrected chi connectivity index (χ4v) is 2.26. The SMILES string of the molecule is [C-]#[N+]c1cccc2c1CC[C@H]2NP. The van der Waals surface area contributed by atoms with Crippen molar-refractivity contribution in [2.45, 2.75) is 18.9 Å². The van der Waals surface area contributed by atoms with E-state index in [0.29, 0.717) is 6.04 Å². The fourth-order valence-electron chi connectivity index (χ4n) is 1.91. The maximum atomic E-state index is 7.03. The van der Waals surface area contributed by atoms with Crippen LogP contribution in [0.4, 0.5) is 5.69 Å². The van der Waals surface area contributed by atoms with E-state index in [1.807, 2.05) is 12.1 Å². The van der Waals surface area contributed by atoms with Gasteiger partial charge in [-0.1, -0.05) is 27.6 Å². The number of fused-ring (bicyclic) bond motifs is 1. The molecule has 0 bridgehead atoms. The van der Waals surface area contributed by atoms with Gasteiger partial charge in [0.25, 0.3) is 0 Å². The van der Waals surface area contributed by atoms with E-state index in [4.69, 9.17) is 6.57 Å². The third-order valence-electron chi connectivity index (χ3n) is 2.57. The van der Waals surface area contributed by atoms with Crippen LogP contribution in [0.3, 0.4) is 0 Å². The topological polar surface area (TPSA) is 16.4 Å². The van der Waals surface area contributed by atoms with Gasteiger partial charge in [-0.25, -0.2) is 4.85 Å². The van der Waals surface area contributed by atoms with Crippen LogP contribution in [-0.2, 0) is 6.42 Å². The standard InChI is InChI=1S/C10H11N2P/c1-11-9-4-2-3-7-8(9)5-6-10(7)12-13/h2-4,10,12H,5-6,13H2/t10-/m1/s1. The Kier molecular flexibility index (Phi) is 2.31. The first-order valence-corrected chi connectivity index (χ1v) is 4.90. The largest absolute Gasteiger partial charge is 0.294 e. The number of rotatable bonds is 1. The predicted octanol–water partition coefficient (Wildman–Crippen LogP) is 2.60. The summed E-state index contributed by atoms with van der Waals surface area (Å²) in [6.45, 7) is 7.03. The highest BCUT2D eigenvalue weighted by molar-refractivity contribution is 7.13. The summed E-state index contributed by atoms with van der Waals surface area (Å²) in [6, 6.07) is 6.39. The molecule has 2 atom stereocenters. The van der Waals surface area contributed by atoms with Crippen LogP contribution in [-0.4, -0.2) is 0 Å². The first-order valence-electron chi connectivity index (χ1n) is 4.32. The molecule has 1 N–H and O–H groups in total. The van der Waals surface area contributed by atoms with Crippen molar-refractivity contribution in [1.82, 2.24) is 5.09 Å². The highest BCUT2D eigenvalue weighted by Gasteiger charge is 2.22. The Bertz CT molecular complexity index is 368. The molecule has 0 aromatic heterocycles. The second-order valence-corrected chi connectivity index (χ2v) is 3.55. The van der Waals surface area contributed by atoms with Gasteiger partial charge < -0.3 is 0 Å². The molecule has 13 heavy (non-hydrogen) atoms. The minimum atomic E-state index is 0.418. The smallest absolute Gasteiger partial charge is 0.190 e. The van der Waals surface area contributed by atoms with E-state index < -0.39 is 0 Å². The molecule has 1 aromatic carbocycles. The number of nitrogens with zero attached hydrogens (tertiary/aromatic N) is 1. The molecule has 1 aliphatic rings. The normalized spacial score (nSPS) is 19.5. The molecule has 66 valence electrons. The Morgan fingerprint density at radius 1 is 1.54 bits per heavy atom. The van der Waals surface area contributed by atoms with Gasteiger partial charge >= 0.3 is 0 Å². The molecule has 0 radical (unpaired) electrons. The van der Waals surface area contributed by atoms with Crippen LogP contribution in [0.5, 0.6) is 0 Å². The van der Waals surface area contributed by atoms with Crippen LogP contribution >= 0.6 is 9.39 Å². The molecule has 0 amide bonds. The molecule has 0 fully saturated rings. The first-order chi connectivity index (χ1) is 6.36. The average Bonchev–Trinajstić information content (AvgIpc) is 2.60. The Balaban J connectivity index is 2.50. The lowest BCUT2D eigenvalue weighted by Crippen LogP contribution is -2.05. The minimum absolute atomic E-state index is 0.418. The van der Waals surface area contributed by atoms with Crippen LogP contribution in [0.1, 0.15) is 23.6 Å². The molecule has 1 aliphatic carbocycles. The van der Waals surface area contributed by atoms with Crippen molar-refractivity contribution < 1.29 is 0 Å². The summed E-state index contributed by atoms with van der Waals surface area (Å²) < 4.78 is 0. The van der Waals surface area contributed by atoms with E-state index in [2.05, 4.69) is 25.4 Å². The van der Waals surface area contributed by atoms with Gasteiger partial charge in [-0.15, -0.1) is 0 Å². The van der Waals surface area contributed by atoms with Gasteiger partial charge in [0, 0.05) is 6.04 Å². The van der Waals surface area contributed by atoms with Gasteiger partial charge in [-0.05, 0) is 24.0 Å². The lowest BCUT2D eigenvalue weighted by Gasteiger charge is -2.09. The third kappa shape index (κ3) is 1.35. The lowest BCUT2D eigenvalue weighted by molar-refractivity contribution is 0.667. The minimum Gasteiger partial charge on any atom is -0.294 e. The quantitative estimate of drug-likeness (QED) is 0.531. The summed E-state index contributed by atoms with van der Waals surface area (Å²) in [5, 5.41) is 3.19. The van der Waals surface area contributed by atoms with E-state index in [1.54, 1.807) is 0 Å². The highest BCUT2D eigenvalue weighted by Crippen LogP contribution is 2.37. The van der Waals surface area contributed by atoms with Crippen molar-refractivity contribution in [3.8, 4) is 0 Å². The second kappa shape index (κ2) is 3.46. The molecular weight excluding hydrogens is 179 g/mol. The van der Waals surface area contributed by atoms with Gasteiger partial charge in [0.2, 0.25) is 0 Å². The van der Waals surface area contributed by atoms with Gasteiger partial charge in [-0.3, -0.25) is 5.09 Å². The zero-order valence-electron chi connectivity index (χ0n) is 7.25. The van der Waals surface area contributed by atoms with Crippen LogP contribution < -0.4 is 5.09 Å². The maximum absolute atomic E-state index is 7.03. The fraction of sp³-hybridized carbons (Fsp3) is 0.300. The molecule has 1 aromatic rings. The molecule has 1 unspecified atom stereocenters. The maximum Gasteiger partial charge on any atom is 0.190 e.